The number of H-pyrrole nitrogens is 1. The van der Waals surface area contributed by atoms with Crippen molar-refractivity contribution in [3.8, 4) is 11.3 Å². The Hall–Kier alpha value is -2.95. The Morgan fingerprint density at radius 3 is 2.81 bits per heavy atom. The highest BCUT2D eigenvalue weighted by molar-refractivity contribution is 5.94. The first-order valence-corrected chi connectivity index (χ1v) is 9.03. The predicted molar refractivity (Wildman–Crippen MR) is 101 cm³/mol. The van der Waals surface area contributed by atoms with Crippen LogP contribution in [-0.4, -0.2) is 39.1 Å². The lowest BCUT2D eigenvalue weighted by Crippen LogP contribution is -2.39. The highest BCUT2D eigenvalue weighted by Gasteiger charge is 2.27. The van der Waals surface area contributed by atoms with Crippen LogP contribution in [0.4, 0.5) is 0 Å². The molecule has 0 aliphatic carbocycles. The van der Waals surface area contributed by atoms with Crippen molar-refractivity contribution in [1.29, 1.82) is 0 Å². The average Bonchev–Trinajstić information content (AvgIpc) is 3.19. The number of amides is 1. The second kappa shape index (κ2) is 7.12. The number of aromatic amines is 1. The molecule has 132 valence electrons. The van der Waals surface area contributed by atoms with Crippen molar-refractivity contribution in [2.24, 2.45) is 0 Å². The summed E-state index contributed by atoms with van der Waals surface area (Å²) in [5, 5.41) is 7.64. The number of aryl methyl sites for hydroxylation is 1. The van der Waals surface area contributed by atoms with Gasteiger partial charge in [-0.15, -0.1) is 0 Å². The van der Waals surface area contributed by atoms with Crippen LogP contribution in [0.2, 0.25) is 0 Å². The topological polar surface area (TPSA) is 61.9 Å². The van der Waals surface area contributed by atoms with Crippen LogP contribution in [0.3, 0.4) is 0 Å². The van der Waals surface area contributed by atoms with Crippen LogP contribution in [0.15, 0.2) is 54.7 Å². The van der Waals surface area contributed by atoms with Gasteiger partial charge in [-0.1, -0.05) is 30.3 Å². The van der Waals surface area contributed by atoms with E-state index in [4.69, 9.17) is 0 Å². The number of hydrogen-bond donors (Lipinski definition) is 1. The summed E-state index contributed by atoms with van der Waals surface area (Å²) in [7, 11) is 0. The van der Waals surface area contributed by atoms with Crippen LogP contribution in [0.5, 0.6) is 0 Å². The number of rotatable bonds is 3. The molecule has 0 saturated carbocycles. The molecule has 0 unspecified atom stereocenters. The predicted octanol–water partition coefficient (Wildman–Crippen LogP) is 3.80. The van der Waals surface area contributed by atoms with E-state index in [2.05, 4.69) is 33.4 Å². The number of carbonyl (C=O) groups excluding carboxylic acids is 1. The minimum absolute atomic E-state index is 0.0602. The third-order valence-electron chi connectivity index (χ3n) is 4.97. The molecule has 4 rings (SSSR count). The molecule has 5 nitrogen and oxygen atoms in total. The maximum atomic E-state index is 12.8. The zero-order valence-corrected chi connectivity index (χ0v) is 14.9. The molecule has 0 bridgehead atoms. The molecular weight excluding hydrogens is 324 g/mol. The first kappa shape index (κ1) is 16.5. The number of piperidine rings is 1. The van der Waals surface area contributed by atoms with Gasteiger partial charge in [-0.3, -0.25) is 14.9 Å². The number of benzene rings is 1. The van der Waals surface area contributed by atoms with E-state index in [1.165, 1.54) is 0 Å². The molecule has 1 aliphatic heterocycles. The molecule has 3 aromatic rings. The number of hydrogen-bond acceptors (Lipinski definition) is 3. The van der Waals surface area contributed by atoms with Gasteiger partial charge >= 0.3 is 0 Å². The molecule has 1 saturated heterocycles. The van der Waals surface area contributed by atoms with Gasteiger partial charge in [-0.05, 0) is 38.0 Å². The highest BCUT2D eigenvalue weighted by Crippen LogP contribution is 2.29. The third-order valence-corrected chi connectivity index (χ3v) is 4.97. The van der Waals surface area contributed by atoms with E-state index in [1.54, 1.807) is 6.20 Å². The fourth-order valence-corrected chi connectivity index (χ4v) is 3.49. The van der Waals surface area contributed by atoms with Gasteiger partial charge in [0.2, 0.25) is 0 Å². The number of likely N-dealkylation sites (tertiary alicyclic amines) is 1. The van der Waals surface area contributed by atoms with Gasteiger partial charge in [0.1, 0.15) is 0 Å². The van der Waals surface area contributed by atoms with Crippen LogP contribution in [-0.2, 0) is 0 Å². The lowest BCUT2D eigenvalue weighted by molar-refractivity contribution is 0.0705. The van der Waals surface area contributed by atoms with Crippen molar-refractivity contribution in [2.75, 3.05) is 13.1 Å². The van der Waals surface area contributed by atoms with E-state index in [-0.39, 0.29) is 11.8 Å². The summed E-state index contributed by atoms with van der Waals surface area (Å²) in [5.41, 5.74) is 4.73. The number of aromatic nitrogens is 3. The monoisotopic (exact) mass is 346 g/mol. The first-order chi connectivity index (χ1) is 12.7. The zero-order valence-electron chi connectivity index (χ0n) is 14.9. The van der Waals surface area contributed by atoms with Crippen molar-refractivity contribution in [1.82, 2.24) is 20.1 Å². The van der Waals surface area contributed by atoms with E-state index in [9.17, 15) is 4.79 Å². The lowest BCUT2D eigenvalue weighted by Gasteiger charge is -2.32. The van der Waals surface area contributed by atoms with Gasteiger partial charge < -0.3 is 4.90 Å². The van der Waals surface area contributed by atoms with Crippen molar-refractivity contribution in [3.05, 3.63) is 71.7 Å². The van der Waals surface area contributed by atoms with Crippen LogP contribution >= 0.6 is 0 Å². The molecule has 5 heteroatoms. The van der Waals surface area contributed by atoms with E-state index >= 15 is 0 Å². The number of pyridine rings is 1. The number of nitrogens with zero attached hydrogens (tertiary/aromatic N) is 3. The summed E-state index contributed by atoms with van der Waals surface area (Å²) in [6, 6.07) is 16.0. The van der Waals surface area contributed by atoms with Gasteiger partial charge in [-0.25, -0.2) is 0 Å². The van der Waals surface area contributed by atoms with Crippen LogP contribution in [0.1, 0.15) is 40.5 Å². The van der Waals surface area contributed by atoms with E-state index in [0.717, 1.165) is 42.0 Å². The van der Waals surface area contributed by atoms with Crippen molar-refractivity contribution < 1.29 is 4.79 Å². The summed E-state index contributed by atoms with van der Waals surface area (Å²) in [4.78, 5) is 19.0. The Balaban J connectivity index is 1.49. The Morgan fingerprint density at radius 1 is 1.19 bits per heavy atom. The molecule has 0 spiro atoms. The summed E-state index contributed by atoms with van der Waals surface area (Å²) in [6.45, 7) is 3.43. The fourth-order valence-electron chi connectivity index (χ4n) is 3.49. The molecule has 1 aromatic carbocycles. The van der Waals surface area contributed by atoms with Gasteiger partial charge in [0.15, 0.2) is 0 Å². The van der Waals surface area contributed by atoms with Crippen LogP contribution < -0.4 is 0 Å². The highest BCUT2D eigenvalue weighted by atomic mass is 16.2. The standard InChI is InChI=1S/C21H22N4O/c1-15-9-10-17(13-22-15)21(26)25-11-5-8-18(14-25)20-12-19(23-24-20)16-6-3-2-4-7-16/h2-4,6-7,9-10,12-13,18H,5,8,11,14H2,1H3,(H,23,24)/t18-/m1/s1. The molecule has 1 N–H and O–H groups in total. The maximum Gasteiger partial charge on any atom is 0.255 e. The van der Waals surface area contributed by atoms with Crippen molar-refractivity contribution in [3.63, 3.8) is 0 Å². The smallest absolute Gasteiger partial charge is 0.255 e. The Morgan fingerprint density at radius 2 is 2.04 bits per heavy atom. The van der Waals surface area contributed by atoms with E-state index < -0.39 is 0 Å². The second-order valence-electron chi connectivity index (χ2n) is 6.85. The van der Waals surface area contributed by atoms with Crippen LogP contribution in [0, 0.1) is 6.92 Å². The average molecular weight is 346 g/mol. The molecule has 1 aliphatic rings. The minimum atomic E-state index is 0.0602. The molecule has 3 heterocycles. The largest absolute Gasteiger partial charge is 0.338 e. The van der Waals surface area contributed by atoms with E-state index in [1.807, 2.05) is 42.2 Å². The second-order valence-corrected chi connectivity index (χ2v) is 6.85. The van der Waals surface area contributed by atoms with Gasteiger partial charge in [0.05, 0.1) is 11.3 Å². The van der Waals surface area contributed by atoms with Crippen molar-refractivity contribution in [2.45, 2.75) is 25.7 Å². The van der Waals surface area contributed by atoms with Crippen LogP contribution in [0.25, 0.3) is 11.3 Å². The molecule has 1 amide bonds. The van der Waals surface area contributed by atoms with Gasteiger partial charge in [0.25, 0.3) is 5.91 Å². The summed E-state index contributed by atoms with van der Waals surface area (Å²) in [5.74, 6) is 0.348. The summed E-state index contributed by atoms with van der Waals surface area (Å²) in [6.07, 6.45) is 3.73. The van der Waals surface area contributed by atoms with Gasteiger partial charge in [-0.2, -0.15) is 5.10 Å². The first-order valence-electron chi connectivity index (χ1n) is 9.03. The molecule has 1 atom stereocenters. The number of carbonyl (C=O) groups is 1. The van der Waals surface area contributed by atoms with Crippen molar-refractivity contribution >= 4 is 5.91 Å². The maximum absolute atomic E-state index is 12.8. The minimum Gasteiger partial charge on any atom is -0.338 e. The van der Waals surface area contributed by atoms with Gasteiger partial charge in [0, 0.05) is 42.2 Å². The fraction of sp³-hybridized carbons (Fsp3) is 0.286. The molecule has 26 heavy (non-hydrogen) atoms. The zero-order chi connectivity index (χ0) is 17.9. The Labute approximate surface area is 153 Å². The van der Waals surface area contributed by atoms with E-state index in [0.29, 0.717) is 12.1 Å². The normalized spacial score (nSPS) is 17.3. The Kier molecular flexibility index (Phi) is 4.52. The Bertz CT molecular complexity index is 886. The quantitative estimate of drug-likeness (QED) is 0.785. The molecular formula is C21H22N4O. The summed E-state index contributed by atoms with van der Waals surface area (Å²) < 4.78 is 0. The SMILES string of the molecule is Cc1ccc(C(=O)N2CCC[C@@H](c3cc(-c4ccccc4)n[nH]3)C2)cn1. The molecule has 2 aromatic heterocycles. The summed E-state index contributed by atoms with van der Waals surface area (Å²) >= 11 is 0. The molecule has 1 fully saturated rings. The third kappa shape index (κ3) is 3.38. The number of nitrogens with one attached hydrogen (secondary N) is 1. The lowest BCUT2D eigenvalue weighted by atomic mass is 9.94. The molecule has 0 radical (unpaired) electrons.